The molecule has 1 aliphatic heterocycles. The number of nitrogens with zero attached hydrogens (tertiary/aromatic N) is 2. The highest BCUT2D eigenvalue weighted by Gasteiger charge is 2.19. The number of halogens is 2. The van der Waals surface area contributed by atoms with Gasteiger partial charge < -0.3 is 4.31 Å². The van der Waals surface area contributed by atoms with Gasteiger partial charge in [0.15, 0.2) is 0 Å². The molecule has 0 saturated heterocycles. The van der Waals surface area contributed by atoms with Crippen LogP contribution in [-0.4, -0.2) is 18.8 Å². The van der Waals surface area contributed by atoms with Crippen LogP contribution in [0.5, 0.6) is 0 Å². The lowest BCUT2D eigenvalue weighted by Crippen LogP contribution is -2.13. The number of hydrogen-bond acceptors (Lipinski definition) is 3. The molecule has 1 aromatic carbocycles. The molecule has 19 heavy (non-hydrogen) atoms. The lowest BCUT2D eigenvalue weighted by molar-refractivity contribution is 0.802. The highest BCUT2D eigenvalue weighted by Crippen LogP contribution is 2.35. The molecule has 0 fully saturated rings. The van der Waals surface area contributed by atoms with Crippen LogP contribution in [0.2, 0.25) is 5.02 Å². The van der Waals surface area contributed by atoms with E-state index in [1.54, 1.807) is 9.12 Å². The average molecular weight is 409 g/mol. The van der Waals surface area contributed by atoms with Gasteiger partial charge in [-0.3, -0.25) is 4.99 Å². The number of hydrogen-bond donors (Lipinski definition) is 0. The van der Waals surface area contributed by atoms with E-state index in [0.717, 1.165) is 37.4 Å². The Labute approximate surface area is 136 Å². The van der Waals surface area contributed by atoms with Crippen LogP contribution in [-0.2, 0) is 0 Å². The van der Waals surface area contributed by atoms with Crippen LogP contribution in [0.25, 0.3) is 0 Å². The topological polar surface area (TPSA) is 15.6 Å². The predicted molar refractivity (Wildman–Crippen MR) is 96.0 cm³/mol. The standard InChI is InChI=1S/C14H18ClIN2S/c1-2-3-8-17-13-5-4-9-18(19-16)14-7-6-11(15)10-12(13)14/h6-7,10H,2-5,8-9H2,1H3. The summed E-state index contributed by atoms with van der Waals surface area (Å²) in [6.07, 6.45) is 4.54. The fourth-order valence-corrected chi connectivity index (χ4v) is 4.04. The Hall–Kier alpha value is 0.0600. The zero-order valence-electron chi connectivity index (χ0n) is 11.0. The predicted octanol–water partition coefficient (Wildman–Crippen LogP) is 5.53. The first-order valence-corrected chi connectivity index (χ1v) is 10.3. The third-order valence-corrected chi connectivity index (χ3v) is 5.42. The third kappa shape index (κ3) is 4.02. The van der Waals surface area contributed by atoms with E-state index in [1.165, 1.54) is 23.4 Å². The van der Waals surface area contributed by atoms with E-state index in [2.05, 4.69) is 44.6 Å². The van der Waals surface area contributed by atoms with Gasteiger partial charge in [-0.25, -0.2) is 0 Å². The molecule has 0 spiro atoms. The maximum absolute atomic E-state index is 6.17. The fraction of sp³-hybridized carbons (Fsp3) is 0.500. The Bertz CT molecular complexity index is 465. The van der Waals surface area contributed by atoms with Gasteiger partial charge in [0.2, 0.25) is 0 Å². The molecule has 1 aromatic rings. The summed E-state index contributed by atoms with van der Waals surface area (Å²) in [6, 6.07) is 6.14. The third-order valence-electron chi connectivity index (χ3n) is 3.21. The van der Waals surface area contributed by atoms with E-state index in [0.29, 0.717) is 0 Å². The summed E-state index contributed by atoms with van der Waals surface area (Å²) in [7, 11) is 1.74. The molecule has 0 bridgehead atoms. The van der Waals surface area contributed by atoms with Crippen LogP contribution in [0.4, 0.5) is 5.69 Å². The zero-order chi connectivity index (χ0) is 13.7. The summed E-state index contributed by atoms with van der Waals surface area (Å²) < 4.78 is 2.33. The van der Waals surface area contributed by atoms with Crippen molar-refractivity contribution in [2.24, 2.45) is 4.99 Å². The lowest BCUT2D eigenvalue weighted by Gasteiger charge is -2.20. The van der Waals surface area contributed by atoms with Crippen LogP contribution in [0.3, 0.4) is 0 Å². The first-order valence-electron chi connectivity index (χ1n) is 6.65. The Balaban J connectivity index is 2.36. The Kier molecular flexibility index (Phi) is 6.29. The molecule has 2 nitrogen and oxygen atoms in total. The summed E-state index contributed by atoms with van der Waals surface area (Å²) in [4.78, 5) is 4.80. The number of rotatable bonds is 4. The van der Waals surface area contributed by atoms with Gasteiger partial charge in [-0.15, -0.1) is 0 Å². The molecule has 0 radical (unpaired) electrons. The molecule has 1 aliphatic rings. The molecule has 1 heterocycles. The van der Waals surface area contributed by atoms with Gasteiger partial charge in [0.1, 0.15) is 0 Å². The number of aliphatic imine (C=N–C) groups is 1. The van der Waals surface area contributed by atoms with E-state index >= 15 is 0 Å². The van der Waals surface area contributed by atoms with Gasteiger partial charge in [-0.1, -0.05) is 24.9 Å². The Morgan fingerprint density at radius 1 is 1.47 bits per heavy atom. The maximum atomic E-state index is 6.17. The van der Waals surface area contributed by atoms with E-state index in [9.17, 15) is 0 Å². The molecular weight excluding hydrogens is 391 g/mol. The van der Waals surface area contributed by atoms with Crippen molar-refractivity contribution in [2.45, 2.75) is 32.6 Å². The SMILES string of the molecule is CCCCN=C1CCCN(SI)c2ccc(Cl)cc21. The monoisotopic (exact) mass is 408 g/mol. The fourth-order valence-electron chi connectivity index (χ4n) is 2.21. The molecule has 2 rings (SSSR count). The first kappa shape index (κ1) is 15.4. The number of fused-ring (bicyclic) bond motifs is 1. The van der Waals surface area contributed by atoms with Crippen molar-refractivity contribution in [3.63, 3.8) is 0 Å². The van der Waals surface area contributed by atoms with Crippen molar-refractivity contribution in [3.05, 3.63) is 28.8 Å². The minimum Gasteiger partial charge on any atom is -0.307 e. The van der Waals surface area contributed by atoms with Crippen molar-refractivity contribution in [1.29, 1.82) is 0 Å². The Morgan fingerprint density at radius 2 is 2.32 bits per heavy atom. The van der Waals surface area contributed by atoms with Crippen molar-refractivity contribution < 1.29 is 0 Å². The molecule has 0 atom stereocenters. The Morgan fingerprint density at radius 3 is 3.05 bits per heavy atom. The largest absolute Gasteiger partial charge is 0.307 e. The lowest BCUT2D eigenvalue weighted by atomic mass is 10.1. The summed E-state index contributed by atoms with van der Waals surface area (Å²) in [5.74, 6) is 0. The second-order valence-electron chi connectivity index (χ2n) is 4.62. The average Bonchev–Trinajstić information content (AvgIpc) is 2.58. The number of anilines is 1. The van der Waals surface area contributed by atoms with Gasteiger partial charge in [-0.2, -0.15) is 0 Å². The smallest absolute Gasteiger partial charge is 0.0568 e. The van der Waals surface area contributed by atoms with Gasteiger partial charge in [0, 0.05) is 59.7 Å². The quantitative estimate of drug-likeness (QED) is 0.370. The molecule has 0 aromatic heterocycles. The van der Waals surface area contributed by atoms with Crippen LogP contribution in [0.15, 0.2) is 23.2 Å². The summed E-state index contributed by atoms with van der Waals surface area (Å²) in [6.45, 7) is 4.19. The van der Waals surface area contributed by atoms with E-state index in [1.807, 2.05) is 6.07 Å². The summed E-state index contributed by atoms with van der Waals surface area (Å²) >= 11 is 8.51. The second-order valence-corrected chi connectivity index (χ2v) is 6.82. The minimum absolute atomic E-state index is 0.794. The molecule has 0 amide bonds. The minimum atomic E-state index is 0.794. The van der Waals surface area contributed by atoms with E-state index in [-0.39, 0.29) is 0 Å². The van der Waals surface area contributed by atoms with Crippen LogP contribution < -0.4 is 4.31 Å². The molecular formula is C14H18ClIN2S. The molecule has 0 unspecified atom stereocenters. The van der Waals surface area contributed by atoms with Crippen molar-refractivity contribution in [2.75, 3.05) is 17.4 Å². The summed E-state index contributed by atoms with van der Waals surface area (Å²) in [5.41, 5.74) is 3.68. The van der Waals surface area contributed by atoms with Crippen molar-refractivity contribution in [3.8, 4) is 0 Å². The maximum Gasteiger partial charge on any atom is 0.0568 e. The van der Waals surface area contributed by atoms with Gasteiger partial charge >= 0.3 is 0 Å². The van der Waals surface area contributed by atoms with Gasteiger partial charge in [-0.05, 0) is 37.5 Å². The van der Waals surface area contributed by atoms with Crippen LogP contribution in [0.1, 0.15) is 38.2 Å². The molecule has 0 saturated carbocycles. The molecule has 0 N–H and O–H groups in total. The van der Waals surface area contributed by atoms with Crippen LogP contribution in [0, 0.1) is 0 Å². The van der Waals surface area contributed by atoms with Crippen molar-refractivity contribution >= 4 is 53.3 Å². The van der Waals surface area contributed by atoms with E-state index in [4.69, 9.17) is 16.6 Å². The van der Waals surface area contributed by atoms with Crippen LogP contribution >= 0.6 is 41.9 Å². The van der Waals surface area contributed by atoms with Crippen molar-refractivity contribution in [1.82, 2.24) is 0 Å². The normalized spacial score (nSPS) is 17.4. The highest BCUT2D eigenvalue weighted by molar-refractivity contribution is 14.2. The second kappa shape index (κ2) is 7.74. The highest BCUT2D eigenvalue weighted by atomic mass is 127. The molecule has 0 aliphatic carbocycles. The summed E-state index contributed by atoms with van der Waals surface area (Å²) in [5, 5.41) is 0.794. The van der Waals surface area contributed by atoms with Gasteiger partial charge in [0.05, 0.1) is 5.69 Å². The first-order chi connectivity index (χ1) is 9.26. The van der Waals surface area contributed by atoms with E-state index < -0.39 is 0 Å². The molecule has 5 heteroatoms. The van der Waals surface area contributed by atoms with Gasteiger partial charge in [0.25, 0.3) is 0 Å². The number of benzene rings is 1. The zero-order valence-corrected chi connectivity index (χ0v) is 14.8. The number of unbranched alkanes of at least 4 members (excludes halogenated alkanes) is 1. The molecule has 104 valence electrons.